The number of ether oxygens (including phenoxy) is 1. The van der Waals surface area contributed by atoms with Crippen LogP contribution in [-0.4, -0.2) is 23.2 Å². The van der Waals surface area contributed by atoms with Gasteiger partial charge < -0.3 is 15.2 Å². The Bertz CT molecular complexity index is 425. The van der Waals surface area contributed by atoms with E-state index >= 15 is 0 Å². The third-order valence-corrected chi connectivity index (χ3v) is 3.43. The topological polar surface area (TPSA) is 58.6 Å². The van der Waals surface area contributed by atoms with Gasteiger partial charge in [0.15, 0.2) is 0 Å². The largest absolute Gasteiger partial charge is 0.492 e. The van der Waals surface area contributed by atoms with Crippen molar-refractivity contribution in [1.82, 2.24) is 0 Å². The highest BCUT2D eigenvalue weighted by Crippen LogP contribution is 2.36. The van der Waals surface area contributed by atoms with E-state index < -0.39 is 11.5 Å². The summed E-state index contributed by atoms with van der Waals surface area (Å²) < 4.78 is 5.52. The first-order valence-electron chi connectivity index (χ1n) is 6.41. The van der Waals surface area contributed by atoms with Gasteiger partial charge in [-0.3, -0.25) is 0 Å². The third-order valence-electron chi connectivity index (χ3n) is 3.43. The molecule has 0 amide bonds. The Kier molecular flexibility index (Phi) is 3.75. The number of para-hydroxylation sites is 2. The fourth-order valence-corrected chi connectivity index (χ4v) is 2.48. The SMILES string of the molecule is CCOc1ccccc1NC1(C(=O)O)CCCC1. The van der Waals surface area contributed by atoms with Crippen molar-refractivity contribution < 1.29 is 14.6 Å². The zero-order valence-corrected chi connectivity index (χ0v) is 10.6. The minimum Gasteiger partial charge on any atom is -0.492 e. The quantitative estimate of drug-likeness (QED) is 0.842. The summed E-state index contributed by atoms with van der Waals surface area (Å²) in [5, 5.41) is 12.6. The van der Waals surface area contributed by atoms with Crippen molar-refractivity contribution in [2.24, 2.45) is 0 Å². The van der Waals surface area contributed by atoms with Crippen LogP contribution >= 0.6 is 0 Å². The van der Waals surface area contributed by atoms with Crippen LogP contribution in [0.1, 0.15) is 32.6 Å². The van der Waals surface area contributed by atoms with E-state index in [1.807, 2.05) is 31.2 Å². The lowest BCUT2D eigenvalue weighted by atomic mass is 9.97. The molecule has 1 aromatic carbocycles. The lowest BCUT2D eigenvalue weighted by molar-refractivity contribution is -0.142. The first-order chi connectivity index (χ1) is 8.68. The molecule has 0 saturated heterocycles. The molecule has 2 N–H and O–H groups in total. The summed E-state index contributed by atoms with van der Waals surface area (Å²) in [5.41, 5.74) is -0.0589. The summed E-state index contributed by atoms with van der Waals surface area (Å²) >= 11 is 0. The van der Waals surface area contributed by atoms with Gasteiger partial charge in [-0.05, 0) is 31.9 Å². The van der Waals surface area contributed by atoms with Crippen LogP contribution in [0, 0.1) is 0 Å². The Hall–Kier alpha value is -1.71. The molecule has 1 aliphatic rings. The van der Waals surface area contributed by atoms with E-state index in [-0.39, 0.29) is 0 Å². The number of aliphatic carboxylic acids is 1. The molecule has 0 unspecified atom stereocenters. The molecule has 0 heterocycles. The van der Waals surface area contributed by atoms with Gasteiger partial charge >= 0.3 is 5.97 Å². The van der Waals surface area contributed by atoms with Crippen LogP contribution in [0.2, 0.25) is 0 Å². The zero-order valence-electron chi connectivity index (χ0n) is 10.6. The number of hydrogen-bond donors (Lipinski definition) is 2. The average Bonchev–Trinajstić information content (AvgIpc) is 2.82. The Balaban J connectivity index is 2.24. The molecule has 2 rings (SSSR count). The number of anilines is 1. The first-order valence-corrected chi connectivity index (χ1v) is 6.41. The molecule has 1 saturated carbocycles. The predicted octanol–water partition coefficient (Wildman–Crippen LogP) is 2.89. The number of carboxylic acid groups (broad SMARTS) is 1. The van der Waals surface area contributed by atoms with E-state index in [0.29, 0.717) is 25.2 Å². The molecule has 0 atom stereocenters. The van der Waals surface area contributed by atoms with Gasteiger partial charge in [0.1, 0.15) is 11.3 Å². The maximum Gasteiger partial charge on any atom is 0.329 e. The van der Waals surface area contributed by atoms with Crippen LogP contribution in [0.15, 0.2) is 24.3 Å². The van der Waals surface area contributed by atoms with Crippen LogP contribution in [0.25, 0.3) is 0 Å². The highest BCUT2D eigenvalue weighted by atomic mass is 16.5. The molecular weight excluding hydrogens is 230 g/mol. The van der Waals surface area contributed by atoms with Crippen molar-refractivity contribution >= 4 is 11.7 Å². The van der Waals surface area contributed by atoms with Crippen molar-refractivity contribution in [2.75, 3.05) is 11.9 Å². The number of benzene rings is 1. The van der Waals surface area contributed by atoms with E-state index in [1.165, 1.54) is 0 Å². The lowest BCUT2D eigenvalue weighted by Crippen LogP contribution is -2.43. The van der Waals surface area contributed by atoms with Crippen molar-refractivity contribution in [1.29, 1.82) is 0 Å². The molecule has 0 aliphatic heterocycles. The van der Waals surface area contributed by atoms with Gasteiger partial charge in [0.05, 0.1) is 12.3 Å². The second-order valence-electron chi connectivity index (χ2n) is 4.65. The standard InChI is InChI=1S/C14H19NO3/c1-2-18-12-8-4-3-7-11(12)15-14(13(16)17)9-5-6-10-14/h3-4,7-8,15H,2,5-6,9-10H2,1H3,(H,16,17). The Morgan fingerprint density at radius 1 is 1.39 bits per heavy atom. The molecule has 1 fully saturated rings. The summed E-state index contributed by atoms with van der Waals surface area (Å²) in [6, 6.07) is 7.50. The van der Waals surface area contributed by atoms with Gasteiger partial charge in [-0.1, -0.05) is 25.0 Å². The first kappa shape index (κ1) is 12.7. The summed E-state index contributed by atoms with van der Waals surface area (Å²) in [4.78, 5) is 11.5. The highest BCUT2D eigenvalue weighted by Gasteiger charge is 2.41. The average molecular weight is 249 g/mol. The van der Waals surface area contributed by atoms with Crippen LogP contribution in [0.5, 0.6) is 5.75 Å². The van der Waals surface area contributed by atoms with Crippen LogP contribution in [-0.2, 0) is 4.79 Å². The van der Waals surface area contributed by atoms with Gasteiger partial charge in [0.2, 0.25) is 0 Å². The number of carboxylic acids is 1. The molecule has 1 aliphatic carbocycles. The monoisotopic (exact) mass is 249 g/mol. The number of carbonyl (C=O) groups is 1. The minimum absolute atomic E-state index is 0.568. The van der Waals surface area contributed by atoms with Gasteiger partial charge in [0.25, 0.3) is 0 Å². The fourth-order valence-electron chi connectivity index (χ4n) is 2.48. The van der Waals surface area contributed by atoms with Crippen LogP contribution in [0.3, 0.4) is 0 Å². The zero-order chi connectivity index (χ0) is 13.0. The molecule has 0 radical (unpaired) electrons. The molecule has 4 nitrogen and oxygen atoms in total. The van der Waals surface area contributed by atoms with E-state index in [1.54, 1.807) is 0 Å². The van der Waals surface area contributed by atoms with Gasteiger partial charge in [-0.2, -0.15) is 0 Å². The summed E-state index contributed by atoms with van der Waals surface area (Å²) in [6.45, 7) is 2.48. The van der Waals surface area contributed by atoms with Gasteiger partial charge in [-0.25, -0.2) is 4.79 Å². The van der Waals surface area contributed by atoms with Gasteiger partial charge in [-0.15, -0.1) is 0 Å². The van der Waals surface area contributed by atoms with Crippen LogP contribution < -0.4 is 10.1 Å². The molecular formula is C14H19NO3. The van der Waals surface area contributed by atoms with E-state index in [9.17, 15) is 9.90 Å². The highest BCUT2D eigenvalue weighted by molar-refractivity contribution is 5.84. The summed E-state index contributed by atoms with van der Waals surface area (Å²) in [5.74, 6) is -0.0566. The molecule has 0 bridgehead atoms. The molecule has 18 heavy (non-hydrogen) atoms. The molecule has 0 spiro atoms. The lowest BCUT2D eigenvalue weighted by Gasteiger charge is -2.27. The van der Waals surface area contributed by atoms with Crippen molar-refractivity contribution in [3.63, 3.8) is 0 Å². The maximum absolute atomic E-state index is 11.5. The third kappa shape index (κ3) is 2.42. The molecule has 1 aromatic rings. The summed E-state index contributed by atoms with van der Waals surface area (Å²) in [6.07, 6.45) is 3.25. The fraction of sp³-hybridized carbons (Fsp3) is 0.500. The van der Waals surface area contributed by atoms with E-state index in [4.69, 9.17) is 4.74 Å². The van der Waals surface area contributed by atoms with Crippen LogP contribution in [0.4, 0.5) is 5.69 Å². The molecule has 4 heteroatoms. The van der Waals surface area contributed by atoms with Crippen molar-refractivity contribution in [3.05, 3.63) is 24.3 Å². The van der Waals surface area contributed by atoms with Crippen molar-refractivity contribution in [3.8, 4) is 5.75 Å². The second-order valence-corrected chi connectivity index (χ2v) is 4.65. The number of nitrogens with one attached hydrogen (secondary N) is 1. The predicted molar refractivity (Wildman–Crippen MR) is 70.1 cm³/mol. The minimum atomic E-state index is -0.826. The Morgan fingerprint density at radius 2 is 2.06 bits per heavy atom. The van der Waals surface area contributed by atoms with Crippen molar-refractivity contribution in [2.45, 2.75) is 38.1 Å². The normalized spacial score (nSPS) is 17.4. The second kappa shape index (κ2) is 5.29. The summed E-state index contributed by atoms with van der Waals surface area (Å²) in [7, 11) is 0. The van der Waals surface area contributed by atoms with Gasteiger partial charge in [0, 0.05) is 0 Å². The number of hydrogen-bond acceptors (Lipinski definition) is 3. The number of rotatable bonds is 5. The Morgan fingerprint density at radius 3 is 2.67 bits per heavy atom. The smallest absolute Gasteiger partial charge is 0.329 e. The molecule has 98 valence electrons. The van der Waals surface area contributed by atoms with E-state index in [2.05, 4.69) is 5.32 Å². The maximum atomic E-state index is 11.5. The molecule has 0 aromatic heterocycles. The Labute approximate surface area is 107 Å². The van der Waals surface area contributed by atoms with E-state index in [0.717, 1.165) is 18.5 Å².